The largest absolute Gasteiger partial charge is 0.497 e. The Hall–Kier alpha value is -2.49. The first-order chi connectivity index (χ1) is 13.9. The van der Waals surface area contributed by atoms with Crippen molar-refractivity contribution in [2.24, 2.45) is 0 Å². The molecule has 0 N–H and O–H groups in total. The van der Waals surface area contributed by atoms with Gasteiger partial charge in [0.2, 0.25) is 0 Å². The molecular weight excluding hydrogens is 403 g/mol. The number of hydrogen-bond donors (Lipinski definition) is 0. The zero-order valence-corrected chi connectivity index (χ0v) is 17.0. The number of methoxy groups -OCH3 is 1. The summed E-state index contributed by atoms with van der Waals surface area (Å²) in [5.41, 5.74) is 0.903. The molecule has 2 aromatic heterocycles. The number of benzene rings is 1. The minimum Gasteiger partial charge on any atom is -0.497 e. The fourth-order valence-corrected chi connectivity index (χ4v) is 3.74. The first-order valence-corrected chi connectivity index (χ1v) is 10.2. The zero-order chi connectivity index (χ0) is 20.9. The van der Waals surface area contributed by atoms with Gasteiger partial charge in [0.25, 0.3) is 0 Å². The van der Waals surface area contributed by atoms with Gasteiger partial charge in [-0.1, -0.05) is 25.1 Å². The molecule has 3 rings (SSSR count). The van der Waals surface area contributed by atoms with Crippen LogP contribution in [0.3, 0.4) is 0 Å². The average molecular weight is 425 g/mol. The number of halogens is 3. The Bertz CT molecular complexity index is 921. The summed E-state index contributed by atoms with van der Waals surface area (Å²) in [5.74, 6) is 2.10. The van der Waals surface area contributed by atoms with E-state index in [4.69, 9.17) is 4.74 Å². The lowest BCUT2D eigenvalue weighted by molar-refractivity contribution is -0.140. The van der Waals surface area contributed by atoms with E-state index < -0.39 is 12.7 Å². The van der Waals surface area contributed by atoms with Crippen LogP contribution in [0.5, 0.6) is 5.75 Å². The van der Waals surface area contributed by atoms with Crippen LogP contribution in [0.25, 0.3) is 11.4 Å². The molecule has 0 atom stereocenters. The van der Waals surface area contributed by atoms with Crippen LogP contribution in [-0.2, 0) is 18.8 Å². The molecule has 10 heteroatoms. The minimum atomic E-state index is -4.29. The highest BCUT2D eigenvalue weighted by Gasteiger charge is 2.29. The molecule has 0 aliphatic carbocycles. The number of aromatic nitrogens is 5. The standard InChI is InChI=1S/C19H22F3N5OS/c1-3-4-10-27-17(14-5-7-15(28-2)8-6-14)24-25-18(27)29-12-16-23-9-11-26(16)13-19(20,21)22/h5-9,11H,3-4,10,12-13H2,1-2H3. The van der Waals surface area contributed by atoms with Crippen LogP contribution in [0.2, 0.25) is 0 Å². The van der Waals surface area contributed by atoms with Crippen LogP contribution in [0, 0.1) is 0 Å². The van der Waals surface area contributed by atoms with Gasteiger partial charge in [-0.25, -0.2) is 4.98 Å². The van der Waals surface area contributed by atoms with Gasteiger partial charge >= 0.3 is 6.18 Å². The Balaban J connectivity index is 1.80. The van der Waals surface area contributed by atoms with Crippen molar-refractivity contribution in [3.63, 3.8) is 0 Å². The van der Waals surface area contributed by atoms with Crippen LogP contribution in [0.15, 0.2) is 41.8 Å². The summed E-state index contributed by atoms with van der Waals surface area (Å²) in [5, 5.41) is 9.26. The number of alkyl halides is 3. The lowest BCUT2D eigenvalue weighted by Gasteiger charge is -2.12. The van der Waals surface area contributed by atoms with Crippen LogP contribution < -0.4 is 4.74 Å². The second-order valence-corrected chi connectivity index (χ2v) is 7.36. The summed E-state index contributed by atoms with van der Waals surface area (Å²) in [7, 11) is 1.61. The van der Waals surface area contributed by atoms with Crippen molar-refractivity contribution in [1.82, 2.24) is 24.3 Å². The molecule has 0 spiro atoms. The highest BCUT2D eigenvalue weighted by atomic mass is 32.2. The van der Waals surface area contributed by atoms with Gasteiger partial charge < -0.3 is 13.9 Å². The van der Waals surface area contributed by atoms with Crippen molar-refractivity contribution in [2.75, 3.05) is 7.11 Å². The molecule has 0 bridgehead atoms. The maximum atomic E-state index is 12.7. The van der Waals surface area contributed by atoms with E-state index in [0.717, 1.165) is 41.1 Å². The molecule has 0 aliphatic rings. The number of hydrogen-bond acceptors (Lipinski definition) is 5. The Morgan fingerprint density at radius 2 is 1.90 bits per heavy atom. The van der Waals surface area contributed by atoms with E-state index in [-0.39, 0.29) is 5.75 Å². The molecule has 3 aromatic rings. The molecule has 1 aromatic carbocycles. The molecular formula is C19H22F3N5OS. The van der Waals surface area contributed by atoms with Crippen molar-refractivity contribution >= 4 is 11.8 Å². The minimum absolute atomic E-state index is 0.274. The second-order valence-electron chi connectivity index (χ2n) is 6.42. The molecule has 0 amide bonds. The first kappa shape index (κ1) is 21.2. The summed E-state index contributed by atoms with van der Waals surface area (Å²) in [6, 6.07) is 7.54. The second kappa shape index (κ2) is 9.34. The maximum Gasteiger partial charge on any atom is 0.406 e. The van der Waals surface area contributed by atoms with Gasteiger partial charge in [-0.05, 0) is 30.7 Å². The lowest BCUT2D eigenvalue weighted by atomic mass is 10.2. The first-order valence-electron chi connectivity index (χ1n) is 9.18. The summed E-state index contributed by atoms with van der Waals surface area (Å²) in [6.07, 6.45) is 0.376. The molecule has 6 nitrogen and oxygen atoms in total. The van der Waals surface area contributed by atoms with E-state index in [1.165, 1.54) is 24.2 Å². The van der Waals surface area contributed by atoms with Crippen LogP contribution in [0.1, 0.15) is 25.6 Å². The molecule has 29 heavy (non-hydrogen) atoms. The Morgan fingerprint density at radius 3 is 2.55 bits per heavy atom. The fourth-order valence-electron chi connectivity index (χ4n) is 2.81. The van der Waals surface area contributed by atoms with Crippen molar-refractivity contribution < 1.29 is 17.9 Å². The molecule has 0 unspecified atom stereocenters. The SMILES string of the molecule is CCCCn1c(SCc2nccn2CC(F)(F)F)nnc1-c1ccc(OC)cc1. The Morgan fingerprint density at radius 1 is 1.14 bits per heavy atom. The fraction of sp³-hybridized carbons (Fsp3) is 0.421. The van der Waals surface area contributed by atoms with Gasteiger partial charge in [0.15, 0.2) is 11.0 Å². The number of nitrogens with zero attached hydrogens (tertiary/aromatic N) is 5. The third-order valence-electron chi connectivity index (χ3n) is 4.28. The van der Waals surface area contributed by atoms with Gasteiger partial charge in [0.1, 0.15) is 18.1 Å². The van der Waals surface area contributed by atoms with Crippen molar-refractivity contribution in [1.29, 1.82) is 0 Å². The summed E-state index contributed by atoms with van der Waals surface area (Å²) >= 11 is 1.33. The third kappa shape index (κ3) is 5.53. The number of ether oxygens (including phenoxy) is 1. The van der Waals surface area contributed by atoms with E-state index >= 15 is 0 Å². The Kier molecular flexibility index (Phi) is 6.83. The van der Waals surface area contributed by atoms with Crippen molar-refractivity contribution in [3.8, 4) is 17.1 Å². The van der Waals surface area contributed by atoms with E-state index in [0.29, 0.717) is 11.0 Å². The average Bonchev–Trinajstić information content (AvgIpc) is 3.29. The summed E-state index contributed by atoms with van der Waals surface area (Å²) in [4.78, 5) is 4.06. The quantitative estimate of drug-likeness (QED) is 0.461. The van der Waals surface area contributed by atoms with Crippen LogP contribution in [-0.4, -0.2) is 37.6 Å². The summed E-state index contributed by atoms with van der Waals surface area (Å²) < 4.78 is 46.5. The zero-order valence-electron chi connectivity index (χ0n) is 16.2. The van der Waals surface area contributed by atoms with Crippen molar-refractivity contribution in [3.05, 3.63) is 42.5 Å². The highest BCUT2D eigenvalue weighted by molar-refractivity contribution is 7.98. The lowest BCUT2D eigenvalue weighted by Crippen LogP contribution is -2.18. The molecule has 0 radical (unpaired) electrons. The molecule has 0 saturated carbocycles. The molecule has 2 heterocycles. The monoisotopic (exact) mass is 425 g/mol. The molecule has 0 aliphatic heterocycles. The van der Waals surface area contributed by atoms with Crippen LogP contribution in [0.4, 0.5) is 13.2 Å². The maximum absolute atomic E-state index is 12.7. The smallest absolute Gasteiger partial charge is 0.406 e. The Labute approximate surface area is 171 Å². The van der Waals surface area contributed by atoms with Gasteiger partial charge in [-0.15, -0.1) is 10.2 Å². The topological polar surface area (TPSA) is 57.8 Å². The van der Waals surface area contributed by atoms with E-state index in [1.807, 2.05) is 28.8 Å². The van der Waals surface area contributed by atoms with E-state index in [1.54, 1.807) is 7.11 Å². The van der Waals surface area contributed by atoms with Gasteiger partial charge in [0, 0.05) is 24.5 Å². The van der Waals surface area contributed by atoms with E-state index in [9.17, 15) is 13.2 Å². The van der Waals surface area contributed by atoms with E-state index in [2.05, 4.69) is 22.1 Å². The van der Waals surface area contributed by atoms with Gasteiger partial charge in [0.05, 0.1) is 12.9 Å². The number of rotatable bonds is 9. The van der Waals surface area contributed by atoms with Gasteiger partial charge in [-0.2, -0.15) is 13.2 Å². The number of unbranched alkanes of at least 4 members (excludes halogenated alkanes) is 1. The molecule has 156 valence electrons. The molecule has 0 saturated heterocycles. The highest BCUT2D eigenvalue weighted by Crippen LogP contribution is 2.28. The van der Waals surface area contributed by atoms with Gasteiger partial charge in [-0.3, -0.25) is 0 Å². The predicted molar refractivity (Wildman–Crippen MR) is 105 cm³/mol. The number of imidazole rings is 1. The summed E-state index contributed by atoms with van der Waals surface area (Å²) in [6.45, 7) is 1.77. The van der Waals surface area contributed by atoms with Crippen molar-refractivity contribution in [2.45, 2.75) is 49.9 Å². The molecule has 0 fully saturated rings. The predicted octanol–water partition coefficient (Wildman–Crippen LogP) is 4.80. The third-order valence-corrected chi connectivity index (χ3v) is 5.24. The normalized spacial score (nSPS) is 11.8. The van der Waals surface area contributed by atoms with Crippen LogP contribution >= 0.6 is 11.8 Å². The number of thioether (sulfide) groups is 1.